The van der Waals surface area contributed by atoms with E-state index in [4.69, 9.17) is 15.7 Å². The molecule has 1 saturated heterocycles. The molecule has 1 fully saturated rings. The van der Waals surface area contributed by atoms with Crippen LogP contribution in [-0.4, -0.2) is 18.3 Å². The summed E-state index contributed by atoms with van der Waals surface area (Å²) in [5.74, 6) is 2.16. The van der Waals surface area contributed by atoms with E-state index in [0.717, 1.165) is 5.56 Å². The molecule has 1 aliphatic heterocycles. The summed E-state index contributed by atoms with van der Waals surface area (Å²) in [4.78, 5) is 0. The van der Waals surface area contributed by atoms with Gasteiger partial charge in [-0.2, -0.15) is 0 Å². The van der Waals surface area contributed by atoms with Crippen LogP contribution >= 0.6 is 0 Å². The largest absolute Gasteiger partial charge is 0.497 e. The predicted molar refractivity (Wildman–Crippen MR) is 74.7 cm³/mol. The molecule has 0 spiro atoms. The summed E-state index contributed by atoms with van der Waals surface area (Å²) >= 11 is 0. The van der Waals surface area contributed by atoms with Gasteiger partial charge in [0.05, 0.1) is 11.2 Å². The maximum Gasteiger partial charge on any atom is 0.497 e. The molecule has 100 valence electrons. The highest BCUT2D eigenvalue weighted by atomic mass is 19.1. The van der Waals surface area contributed by atoms with Gasteiger partial charge in [0.25, 0.3) is 0 Å². The Morgan fingerprint density at radius 1 is 1.21 bits per heavy atom. The van der Waals surface area contributed by atoms with Gasteiger partial charge in [-0.1, -0.05) is 12.1 Å². The summed E-state index contributed by atoms with van der Waals surface area (Å²) in [6.45, 7) is 7.77. The molecule has 2 nitrogen and oxygen atoms in total. The molecule has 0 N–H and O–H groups in total. The molecule has 0 atom stereocenters. The minimum atomic E-state index is -0.676. The zero-order valence-corrected chi connectivity index (χ0v) is 11.8. The van der Waals surface area contributed by atoms with E-state index in [1.165, 1.54) is 6.07 Å². The molecule has 0 bridgehead atoms. The van der Waals surface area contributed by atoms with Crippen LogP contribution in [0.2, 0.25) is 0 Å². The van der Waals surface area contributed by atoms with Crippen LogP contribution < -0.4 is 5.46 Å². The van der Waals surface area contributed by atoms with Gasteiger partial charge >= 0.3 is 7.12 Å². The van der Waals surface area contributed by atoms with E-state index in [0.29, 0.717) is 11.9 Å². The highest BCUT2D eigenvalue weighted by molar-refractivity contribution is 6.62. The lowest BCUT2D eigenvalue weighted by Gasteiger charge is -2.32. The summed E-state index contributed by atoms with van der Waals surface area (Å²) in [7, 11) is -0.676. The summed E-state index contributed by atoms with van der Waals surface area (Å²) in [5.41, 5.74) is 0.253. The molecule has 0 saturated carbocycles. The highest BCUT2D eigenvalue weighted by Crippen LogP contribution is 2.36. The summed E-state index contributed by atoms with van der Waals surface area (Å²) in [5, 5.41) is 0. The number of halogens is 1. The maximum absolute atomic E-state index is 14.1. The van der Waals surface area contributed by atoms with Gasteiger partial charge in [-0.05, 0) is 39.3 Å². The number of terminal acetylenes is 1. The fourth-order valence-electron chi connectivity index (χ4n) is 1.96. The summed E-state index contributed by atoms with van der Waals surface area (Å²) in [6, 6.07) is 4.94. The second-order valence-corrected chi connectivity index (χ2v) is 5.83. The first-order chi connectivity index (χ1) is 8.77. The van der Waals surface area contributed by atoms with E-state index in [9.17, 15) is 4.39 Å². The monoisotopic (exact) mass is 260 g/mol. The summed E-state index contributed by atoms with van der Waals surface area (Å²) in [6.07, 6.45) is 5.64. The van der Waals surface area contributed by atoms with Gasteiger partial charge in [0.15, 0.2) is 0 Å². The third kappa shape index (κ3) is 2.54. The first kappa shape index (κ1) is 14.1. The molecule has 0 radical (unpaired) electrons. The second kappa shape index (κ2) is 4.66. The molecule has 0 amide bonds. The van der Waals surface area contributed by atoms with Crippen molar-refractivity contribution in [3.63, 3.8) is 0 Å². The predicted octanol–water partition coefficient (Wildman–Crippen LogP) is 2.30. The fourth-order valence-corrected chi connectivity index (χ4v) is 1.96. The first-order valence-corrected chi connectivity index (χ1v) is 6.34. The Kier molecular flexibility index (Phi) is 3.46. The van der Waals surface area contributed by atoms with E-state index < -0.39 is 18.3 Å². The van der Waals surface area contributed by atoms with E-state index in [-0.39, 0.29) is 5.82 Å². The van der Waals surface area contributed by atoms with E-state index >= 15 is 0 Å². The van der Waals surface area contributed by atoms with Crippen LogP contribution in [0, 0.1) is 18.2 Å². The Morgan fingerprint density at radius 2 is 1.79 bits per heavy atom. The molecule has 0 aliphatic carbocycles. The molecular formula is C15H18BFO2. The lowest BCUT2D eigenvalue weighted by molar-refractivity contribution is 0.00578. The van der Waals surface area contributed by atoms with Gasteiger partial charge in [-0.3, -0.25) is 0 Å². The first-order valence-electron chi connectivity index (χ1n) is 6.34. The van der Waals surface area contributed by atoms with Crippen LogP contribution in [0.3, 0.4) is 0 Å². The molecule has 1 heterocycles. The lowest BCUT2D eigenvalue weighted by atomic mass is 9.78. The summed E-state index contributed by atoms with van der Waals surface area (Å²) < 4.78 is 25.8. The molecule has 1 aromatic rings. The van der Waals surface area contributed by atoms with Crippen molar-refractivity contribution in [2.24, 2.45) is 0 Å². The maximum atomic E-state index is 14.1. The number of benzene rings is 1. The van der Waals surface area contributed by atoms with Crippen LogP contribution in [0.15, 0.2) is 18.2 Å². The van der Waals surface area contributed by atoms with E-state index in [2.05, 4.69) is 5.92 Å². The van der Waals surface area contributed by atoms with Crippen LogP contribution in [-0.2, 0) is 15.7 Å². The van der Waals surface area contributed by atoms with Crippen molar-refractivity contribution in [2.75, 3.05) is 0 Å². The minimum Gasteiger partial charge on any atom is -0.399 e. The van der Waals surface area contributed by atoms with Crippen molar-refractivity contribution in [3.05, 3.63) is 29.6 Å². The van der Waals surface area contributed by atoms with Crippen molar-refractivity contribution in [1.82, 2.24) is 0 Å². The SMILES string of the molecule is C#CCc1ccc(B2OC(C)(C)C(C)(C)O2)c(F)c1. The smallest absolute Gasteiger partial charge is 0.399 e. The van der Waals surface area contributed by atoms with Crippen LogP contribution in [0.1, 0.15) is 33.3 Å². The zero-order chi connectivity index (χ0) is 14.3. The van der Waals surface area contributed by atoms with Crippen LogP contribution in [0.5, 0.6) is 0 Å². The minimum absolute atomic E-state index is 0.341. The standard InChI is InChI=1S/C15H18BFO2/c1-6-7-11-8-9-12(13(17)10-11)16-18-14(2,3)15(4,5)19-16/h1,8-10H,7H2,2-5H3. The van der Waals surface area contributed by atoms with Crippen LogP contribution in [0.4, 0.5) is 4.39 Å². The van der Waals surface area contributed by atoms with Crippen molar-refractivity contribution < 1.29 is 13.7 Å². The number of hydrogen-bond donors (Lipinski definition) is 0. The third-order valence-electron chi connectivity index (χ3n) is 3.88. The molecule has 0 aromatic heterocycles. The van der Waals surface area contributed by atoms with Crippen molar-refractivity contribution in [1.29, 1.82) is 0 Å². The normalized spacial score (nSPS) is 20.3. The Bertz CT molecular complexity index is 515. The van der Waals surface area contributed by atoms with Crippen molar-refractivity contribution in [2.45, 2.75) is 45.3 Å². The Hall–Kier alpha value is -1.31. The highest BCUT2D eigenvalue weighted by Gasteiger charge is 2.52. The number of rotatable bonds is 2. The van der Waals surface area contributed by atoms with Crippen LogP contribution in [0.25, 0.3) is 0 Å². The molecule has 4 heteroatoms. The van der Waals surface area contributed by atoms with Gasteiger partial charge in [-0.15, -0.1) is 12.3 Å². The van der Waals surface area contributed by atoms with Gasteiger partial charge in [0.2, 0.25) is 0 Å². The van der Waals surface area contributed by atoms with Gasteiger partial charge < -0.3 is 9.31 Å². The third-order valence-corrected chi connectivity index (χ3v) is 3.88. The average molecular weight is 260 g/mol. The molecular weight excluding hydrogens is 242 g/mol. The average Bonchev–Trinajstić information content (AvgIpc) is 2.48. The second-order valence-electron chi connectivity index (χ2n) is 5.83. The number of hydrogen-bond acceptors (Lipinski definition) is 2. The topological polar surface area (TPSA) is 18.5 Å². The fraction of sp³-hybridized carbons (Fsp3) is 0.467. The quantitative estimate of drug-likeness (QED) is 0.600. The molecule has 19 heavy (non-hydrogen) atoms. The molecule has 2 rings (SSSR count). The van der Waals surface area contributed by atoms with Crippen molar-refractivity contribution >= 4 is 12.6 Å². The van der Waals surface area contributed by atoms with Gasteiger partial charge in [0, 0.05) is 11.9 Å². The Balaban J connectivity index is 2.28. The molecule has 1 aliphatic rings. The van der Waals surface area contributed by atoms with Gasteiger partial charge in [-0.25, -0.2) is 4.39 Å². The Morgan fingerprint density at radius 3 is 2.26 bits per heavy atom. The van der Waals surface area contributed by atoms with Gasteiger partial charge in [0.1, 0.15) is 5.82 Å². The van der Waals surface area contributed by atoms with Crippen molar-refractivity contribution in [3.8, 4) is 12.3 Å². The van der Waals surface area contributed by atoms with E-state index in [1.54, 1.807) is 6.07 Å². The Labute approximate surface area is 114 Å². The van der Waals surface area contributed by atoms with E-state index in [1.807, 2.05) is 33.8 Å². The molecule has 1 aromatic carbocycles. The zero-order valence-electron chi connectivity index (χ0n) is 11.8. The lowest BCUT2D eigenvalue weighted by Crippen LogP contribution is -2.41. The molecule has 0 unspecified atom stereocenters.